The Morgan fingerprint density at radius 1 is 1.32 bits per heavy atom. The molecule has 2 heterocycles. The van der Waals surface area contributed by atoms with Crippen LogP contribution in [0.1, 0.15) is 38.2 Å². The molecule has 0 aliphatic carbocycles. The number of benzene rings is 1. The highest BCUT2D eigenvalue weighted by atomic mass is 35.5. The van der Waals surface area contributed by atoms with E-state index in [-0.39, 0.29) is 22.2 Å². The average Bonchev–Trinajstić information content (AvgIpc) is 2.57. The van der Waals surface area contributed by atoms with Gasteiger partial charge < -0.3 is 10.0 Å². The molecule has 2 saturated heterocycles. The number of carbonyl (C=O) groups is 1. The van der Waals surface area contributed by atoms with Gasteiger partial charge in [-0.15, -0.1) is 0 Å². The first-order valence-electron chi connectivity index (χ1n) is 9.00. The van der Waals surface area contributed by atoms with Crippen molar-refractivity contribution in [2.24, 2.45) is 5.41 Å². The number of hydrogen-bond donors (Lipinski definition) is 1. The SMILES string of the molecule is C[C@@H](O)CN1CC2(CCC1=O)CCN(Cc1cccc(Cl)c1F)CC2. The molecule has 3 rings (SSSR count). The predicted molar refractivity (Wildman–Crippen MR) is 95.8 cm³/mol. The standard InChI is InChI=1S/C19H26ClFN2O2/c1-14(24)11-23-13-19(6-5-17(23)25)7-9-22(10-8-19)12-15-3-2-4-16(20)18(15)21/h2-4,14,24H,5-13H2,1H3/t14-/m1/s1. The van der Waals surface area contributed by atoms with Gasteiger partial charge in [-0.3, -0.25) is 9.69 Å². The van der Waals surface area contributed by atoms with Crippen molar-refractivity contribution in [2.45, 2.75) is 45.3 Å². The van der Waals surface area contributed by atoms with Gasteiger partial charge in [0.15, 0.2) is 0 Å². The van der Waals surface area contributed by atoms with Crippen molar-refractivity contribution in [2.75, 3.05) is 26.2 Å². The van der Waals surface area contributed by atoms with Crippen molar-refractivity contribution in [1.29, 1.82) is 0 Å². The lowest BCUT2D eigenvalue weighted by Gasteiger charge is -2.47. The Morgan fingerprint density at radius 2 is 2.04 bits per heavy atom. The fraction of sp³-hybridized carbons (Fsp3) is 0.632. The van der Waals surface area contributed by atoms with E-state index in [1.165, 1.54) is 0 Å². The van der Waals surface area contributed by atoms with Crippen molar-refractivity contribution in [3.8, 4) is 0 Å². The van der Waals surface area contributed by atoms with Crippen LogP contribution in [0.15, 0.2) is 18.2 Å². The lowest BCUT2D eigenvalue weighted by atomic mass is 9.72. The van der Waals surface area contributed by atoms with Crippen LogP contribution in [0.25, 0.3) is 0 Å². The number of amides is 1. The van der Waals surface area contributed by atoms with E-state index in [0.717, 1.165) is 38.9 Å². The second kappa shape index (κ2) is 7.60. The van der Waals surface area contributed by atoms with Crippen molar-refractivity contribution >= 4 is 17.5 Å². The quantitative estimate of drug-likeness (QED) is 0.888. The normalized spacial score (nSPS) is 22.4. The number of β-amino-alcohol motifs (C(OH)–C–C–N with tert-alkyl or cyclic N) is 1. The van der Waals surface area contributed by atoms with Crippen molar-refractivity contribution in [1.82, 2.24) is 9.80 Å². The number of halogens is 2. The number of piperidine rings is 2. The molecule has 0 aromatic heterocycles. The van der Waals surface area contributed by atoms with E-state index < -0.39 is 6.10 Å². The molecule has 138 valence electrons. The van der Waals surface area contributed by atoms with E-state index in [1.54, 1.807) is 25.1 Å². The maximum Gasteiger partial charge on any atom is 0.222 e. The fourth-order valence-electron chi connectivity index (χ4n) is 4.09. The van der Waals surface area contributed by atoms with Gasteiger partial charge in [-0.05, 0) is 50.8 Å². The molecule has 0 unspecified atom stereocenters. The zero-order valence-corrected chi connectivity index (χ0v) is 15.4. The summed E-state index contributed by atoms with van der Waals surface area (Å²) in [5.41, 5.74) is 0.782. The summed E-state index contributed by atoms with van der Waals surface area (Å²) in [5.74, 6) is -0.175. The molecular weight excluding hydrogens is 343 g/mol. The van der Waals surface area contributed by atoms with E-state index in [9.17, 15) is 14.3 Å². The summed E-state index contributed by atoms with van der Waals surface area (Å²) < 4.78 is 14.1. The van der Waals surface area contributed by atoms with Crippen molar-refractivity contribution in [3.05, 3.63) is 34.6 Å². The summed E-state index contributed by atoms with van der Waals surface area (Å²) in [4.78, 5) is 16.2. The minimum absolute atomic E-state index is 0.145. The van der Waals surface area contributed by atoms with Crippen molar-refractivity contribution < 1.29 is 14.3 Å². The van der Waals surface area contributed by atoms with Gasteiger partial charge in [0.2, 0.25) is 5.91 Å². The molecule has 4 nitrogen and oxygen atoms in total. The smallest absolute Gasteiger partial charge is 0.222 e. The zero-order valence-electron chi connectivity index (χ0n) is 14.7. The van der Waals surface area contributed by atoms with Gasteiger partial charge in [0.25, 0.3) is 0 Å². The van der Waals surface area contributed by atoms with Crippen LogP contribution in [0.5, 0.6) is 0 Å². The van der Waals surface area contributed by atoms with Crippen LogP contribution in [-0.4, -0.2) is 53.1 Å². The van der Waals surface area contributed by atoms with Gasteiger partial charge in [0.1, 0.15) is 5.82 Å². The number of aliphatic hydroxyl groups is 1. The Balaban J connectivity index is 1.59. The van der Waals surface area contributed by atoms with Crippen LogP contribution in [0, 0.1) is 11.2 Å². The number of nitrogens with zero attached hydrogens (tertiary/aromatic N) is 2. The van der Waals surface area contributed by atoms with Crippen LogP contribution in [0.3, 0.4) is 0 Å². The van der Waals surface area contributed by atoms with Gasteiger partial charge in [-0.2, -0.15) is 0 Å². The molecule has 1 amide bonds. The Hall–Kier alpha value is -1.17. The fourth-order valence-corrected chi connectivity index (χ4v) is 4.29. The minimum atomic E-state index is -0.495. The largest absolute Gasteiger partial charge is 0.392 e. The highest BCUT2D eigenvalue weighted by molar-refractivity contribution is 6.30. The number of carbonyl (C=O) groups excluding carboxylic acids is 1. The summed E-state index contributed by atoms with van der Waals surface area (Å²) in [6.07, 6.45) is 2.99. The van der Waals surface area contributed by atoms with Gasteiger partial charge in [0, 0.05) is 31.6 Å². The Kier molecular flexibility index (Phi) is 5.66. The summed E-state index contributed by atoms with van der Waals surface area (Å²) in [6, 6.07) is 5.14. The van der Waals surface area contributed by atoms with E-state index in [4.69, 9.17) is 11.6 Å². The van der Waals surface area contributed by atoms with Crippen LogP contribution in [0.4, 0.5) is 4.39 Å². The molecule has 2 aliphatic heterocycles. The monoisotopic (exact) mass is 368 g/mol. The zero-order chi connectivity index (χ0) is 18.0. The molecule has 6 heteroatoms. The molecule has 2 aliphatic rings. The number of aliphatic hydroxyl groups excluding tert-OH is 1. The predicted octanol–water partition coefficient (Wildman–Crippen LogP) is 3.06. The Labute approximate surface area is 153 Å². The van der Waals surface area contributed by atoms with Crippen LogP contribution < -0.4 is 0 Å². The van der Waals surface area contributed by atoms with E-state index in [2.05, 4.69) is 4.90 Å². The molecule has 1 spiro atoms. The van der Waals surface area contributed by atoms with E-state index in [1.807, 2.05) is 4.90 Å². The van der Waals surface area contributed by atoms with Gasteiger partial charge in [-0.25, -0.2) is 4.39 Å². The van der Waals surface area contributed by atoms with E-state index in [0.29, 0.717) is 25.1 Å². The summed E-state index contributed by atoms with van der Waals surface area (Å²) >= 11 is 5.87. The van der Waals surface area contributed by atoms with Crippen molar-refractivity contribution in [3.63, 3.8) is 0 Å². The molecule has 1 atom stereocenters. The highest BCUT2D eigenvalue weighted by Gasteiger charge is 2.41. The van der Waals surface area contributed by atoms with Crippen LogP contribution in [0.2, 0.25) is 5.02 Å². The Bertz CT molecular complexity index is 630. The molecular formula is C19H26ClFN2O2. The average molecular weight is 369 g/mol. The third-order valence-electron chi connectivity index (χ3n) is 5.58. The third-order valence-corrected chi connectivity index (χ3v) is 5.87. The number of likely N-dealkylation sites (tertiary alicyclic amines) is 2. The molecule has 0 saturated carbocycles. The molecule has 2 fully saturated rings. The lowest BCUT2D eigenvalue weighted by molar-refractivity contribution is -0.140. The molecule has 1 aromatic carbocycles. The summed E-state index contributed by atoms with van der Waals surface area (Å²) in [5, 5.41) is 9.79. The molecule has 1 N–H and O–H groups in total. The third kappa shape index (κ3) is 4.33. The number of rotatable bonds is 4. The summed E-state index contributed by atoms with van der Waals surface area (Å²) in [6.45, 7) is 5.22. The maximum atomic E-state index is 14.1. The number of hydrogen-bond acceptors (Lipinski definition) is 3. The Morgan fingerprint density at radius 3 is 2.72 bits per heavy atom. The topological polar surface area (TPSA) is 43.8 Å². The second-order valence-electron chi connectivity index (χ2n) is 7.61. The second-order valence-corrected chi connectivity index (χ2v) is 8.02. The first-order valence-corrected chi connectivity index (χ1v) is 9.37. The summed E-state index contributed by atoms with van der Waals surface area (Å²) in [7, 11) is 0. The highest BCUT2D eigenvalue weighted by Crippen LogP contribution is 2.40. The van der Waals surface area contributed by atoms with Crippen LogP contribution in [-0.2, 0) is 11.3 Å². The molecule has 0 bridgehead atoms. The van der Waals surface area contributed by atoms with Crippen LogP contribution >= 0.6 is 11.6 Å². The molecule has 1 aromatic rings. The lowest BCUT2D eigenvalue weighted by Crippen LogP contribution is -2.52. The van der Waals surface area contributed by atoms with E-state index >= 15 is 0 Å². The maximum absolute atomic E-state index is 14.1. The molecule has 25 heavy (non-hydrogen) atoms. The van der Waals surface area contributed by atoms with Gasteiger partial charge in [-0.1, -0.05) is 23.7 Å². The van der Waals surface area contributed by atoms with Gasteiger partial charge in [0.05, 0.1) is 11.1 Å². The molecule has 0 radical (unpaired) electrons. The van der Waals surface area contributed by atoms with Gasteiger partial charge >= 0.3 is 0 Å². The minimum Gasteiger partial charge on any atom is -0.392 e. The first-order chi connectivity index (χ1) is 11.9. The first kappa shape index (κ1) is 18.6.